The second-order valence-corrected chi connectivity index (χ2v) is 7.31. The van der Waals surface area contributed by atoms with Crippen LogP contribution in [-0.2, 0) is 13.1 Å². The van der Waals surface area contributed by atoms with Gasteiger partial charge in [0, 0.05) is 30.7 Å². The Hall–Kier alpha value is -0.870. The van der Waals surface area contributed by atoms with E-state index in [4.69, 9.17) is 4.52 Å². The molecule has 0 fully saturated rings. The minimum absolute atomic E-state index is 0.0979. The van der Waals surface area contributed by atoms with Crippen LogP contribution in [0.15, 0.2) is 10.6 Å². The molecule has 0 saturated heterocycles. The zero-order valence-corrected chi connectivity index (χ0v) is 14.2. The molecule has 1 aromatic rings. The molecule has 4 nitrogen and oxygen atoms in total. The minimum Gasteiger partial charge on any atom is -0.360 e. The molecule has 1 aromatic heterocycles. The highest BCUT2D eigenvalue weighted by Gasteiger charge is 2.16. The largest absolute Gasteiger partial charge is 0.360 e. The van der Waals surface area contributed by atoms with Gasteiger partial charge in [0.15, 0.2) is 5.76 Å². The van der Waals surface area contributed by atoms with E-state index in [-0.39, 0.29) is 5.54 Å². The molecule has 0 bridgehead atoms. The topological polar surface area (TPSA) is 41.3 Å². The number of nitrogens with one attached hydrogen (secondary N) is 1. The van der Waals surface area contributed by atoms with Crippen molar-refractivity contribution in [2.45, 2.75) is 73.1 Å². The predicted molar refractivity (Wildman–Crippen MR) is 83.5 cm³/mol. The first-order valence-electron chi connectivity index (χ1n) is 7.61. The van der Waals surface area contributed by atoms with Gasteiger partial charge in [0.2, 0.25) is 0 Å². The molecule has 20 heavy (non-hydrogen) atoms. The van der Waals surface area contributed by atoms with Crippen LogP contribution in [0, 0.1) is 5.92 Å². The maximum atomic E-state index is 5.46. The minimum atomic E-state index is 0.0979. The van der Waals surface area contributed by atoms with E-state index in [9.17, 15) is 0 Å². The maximum Gasteiger partial charge on any atom is 0.151 e. The van der Waals surface area contributed by atoms with Gasteiger partial charge in [-0.25, -0.2) is 0 Å². The van der Waals surface area contributed by atoms with Crippen molar-refractivity contribution < 1.29 is 4.52 Å². The van der Waals surface area contributed by atoms with Crippen molar-refractivity contribution in [3.05, 3.63) is 17.5 Å². The monoisotopic (exact) mass is 281 g/mol. The molecule has 116 valence electrons. The molecule has 1 N–H and O–H groups in total. The molecule has 0 unspecified atom stereocenters. The number of hydrogen-bond donors (Lipinski definition) is 1. The zero-order chi connectivity index (χ0) is 15.3. The summed E-state index contributed by atoms with van der Waals surface area (Å²) in [5, 5.41) is 7.57. The van der Waals surface area contributed by atoms with E-state index in [1.54, 1.807) is 0 Å². The second kappa shape index (κ2) is 7.23. The Bertz CT molecular complexity index is 391. The van der Waals surface area contributed by atoms with Gasteiger partial charge in [0.25, 0.3) is 0 Å². The van der Waals surface area contributed by atoms with E-state index < -0.39 is 0 Å². The fourth-order valence-electron chi connectivity index (χ4n) is 2.00. The van der Waals surface area contributed by atoms with Crippen molar-refractivity contribution in [3.8, 4) is 0 Å². The summed E-state index contributed by atoms with van der Waals surface area (Å²) in [6.45, 7) is 18.0. The average Bonchev–Trinajstić information content (AvgIpc) is 2.71. The quantitative estimate of drug-likeness (QED) is 0.831. The van der Waals surface area contributed by atoms with E-state index >= 15 is 0 Å². The summed E-state index contributed by atoms with van der Waals surface area (Å²) in [5.74, 6) is 1.60. The first-order chi connectivity index (χ1) is 9.17. The third-order valence-electron chi connectivity index (χ3n) is 3.10. The standard InChI is InChI=1S/C16H31N3O/c1-12(2)10-19(13(3)4)11-15-8-14(18-20-15)9-17-16(5,6)7/h8,12-13,17H,9-11H2,1-7H3. The molecule has 0 aliphatic heterocycles. The van der Waals surface area contributed by atoms with Crippen LogP contribution in [0.1, 0.15) is 59.9 Å². The summed E-state index contributed by atoms with van der Waals surface area (Å²) in [6, 6.07) is 2.58. The molecular weight excluding hydrogens is 250 g/mol. The summed E-state index contributed by atoms with van der Waals surface area (Å²) < 4.78 is 5.46. The lowest BCUT2D eigenvalue weighted by Gasteiger charge is -2.26. The fourth-order valence-corrected chi connectivity index (χ4v) is 2.00. The lowest BCUT2D eigenvalue weighted by molar-refractivity contribution is 0.169. The average molecular weight is 281 g/mol. The van der Waals surface area contributed by atoms with Crippen LogP contribution in [0.5, 0.6) is 0 Å². The maximum absolute atomic E-state index is 5.46. The van der Waals surface area contributed by atoms with Crippen LogP contribution < -0.4 is 5.32 Å². The fraction of sp³-hybridized carbons (Fsp3) is 0.812. The van der Waals surface area contributed by atoms with Gasteiger partial charge in [-0.3, -0.25) is 4.90 Å². The Labute approximate surface area is 123 Å². The number of hydrogen-bond acceptors (Lipinski definition) is 4. The van der Waals surface area contributed by atoms with Crippen molar-refractivity contribution in [1.29, 1.82) is 0 Å². The van der Waals surface area contributed by atoms with Crippen molar-refractivity contribution in [3.63, 3.8) is 0 Å². The van der Waals surface area contributed by atoms with Crippen LogP contribution >= 0.6 is 0 Å². The molecule has 0 radical (unpaired) electrons. The van der Waals surface area contributed by atoms with Gasteiger partial charge in [-0.2, -0.15) is 0 Å². The van der Waals surface area contributed by atoms with Crippen molar-refractivity contribution in [2.24, 2.45) is 5.92 Å². The molecule has 4 heteroatoms. The van der Waals surface area contributed by atoms with E-state index in [1.165, 1.54) is 0 Å². The van der Waals surface area contributed by atoms with Crippen LogP contribution in [-0.4, -0.2) is 28.2 Å². The molecule has 0 saturated carbocycles. The normalized spacial score (nSPS) is 12.9. The Balaban J connectivity index is 2.57. The van der Waals surface area contributed by atoms with Gasteiger partial charge in [-0.1, -0.05) is 19.0 Å². The molecular formula is C16H31N3O. The van der Waals surface area contributed by atoms with E-state index in [1.807, 2.05) is 0 Å². The zero-order valence-electron chi connectivity index (χ0n) is 14.2. The number of rotatable bonds is 7. The molecule has 0 atom stereocenters. The first kappa shape index (κ1) is 17.2. The summed E-state index contributed by atoms with van der Waals surface area (Å²) in [6.07, 6.45) is 0. The summed E-state index contributed by atoms with van der Waals surface area (Å²) in [5.41, 5.74) is 1.07. The van der Waals surface area contributed by atoms with Crippen molar-refractivity contribution in [1.82, 2.24) is 15.4 Å². The SMILES string of the molecule is CC(C)CN(Cc1cc(CNC(C)(C)C)no1)C(C)C. The van der Waals surface area contributed by atoms with E-state index in [0.29, 0.717) is 12.0 Å². The Morgan fingerprint density at radius 2 is 1.90 bits per heavy atom. The van der Waals surface area contributed by atoms with Gasteiger partial charge in [0.05, 0.1) is 12.2 Å². The third kappa shape index (κ3) is 6.53. The summed E-state index contributed by atoms with van der Waals surface area (Å²) in [4.78, 5) is 2.42. The van der Waals surface area contributed by atoms with Crippen molar-refractivity contribution >= 4 is 0 Å². The highest BCUT2D eigenvalue weighted by molar-refractivity contribution is 5.05. The van der Waals surface area contributed by atoms with Crippen LogP contribution in [0.2, 0.25) is 0 Å². The van der Waals surface area contributed by atoms with Gasteiger partial charge in [-0.05, 0) is 40.5 Å². The van der Waals surface area contributed by atoms with Crippen LogP contribution in [0.3, 0.4) is 0 Å². The molecule has 1 heterocycles. The molecule has 0 aromatic carbocycles. The molecule has 0 spiro atoms. The molecule has 0 aliphatic carbocycles. The van der Waals surface area contributed by atoms with Crippen molar-refractivity contribution in [2.75, 3.05) is 6.54 Å². The Morgan fingerprint density at radius 3 is 2.40 bits per heavy atom. The molecule has 0 aliphatic rings. The number of nitrogens with zero attached hydrogens (tertiary/aromatic N) is 2. The lowest BCUT2D eigenvalue weighted by atomic mass is 10.1. The Kier molecular flexibility index (Phi) is 6.21. The highest BCUT2D eigenvalue weighted by atomic mass is 16.5. The first-order valence-corrected chi connectivity index (χ1v) is 7.61. The molecule has 1 rings (SSSR count). The second-order valence-electron chi connectivity index (χ2n) is 7.31. The lowest BCUT2D eigenvalue weighted by Crippen LogP contribution is -2.35. The predicted octanol–water partition coefficient (Wildman–Crippen LogP) is 3.43. The summed E-state index contributed by atoms with van der Waals surface area (Å²) >= 11 is 0. The number of aromatic nitrogens is 1. The van der Waals surface area contributed by atoms with E-state index in [0.717, 1.165) is 31.1 Å². The smallest absolute Gasteiger partial charge is 0.151 e. The molecule has 0 amide bonds. The van der Waals surface area contributed by atoms with Gasteiger partial charge in [-0.15, -0.1) is 0 Å². The summed E-state index contributed by atoms with van der Waals surface area (Å²) in [7, 11) is 0. The van der Waals surface area contributed by atoms with E-state index in [2.05, 4.69) is 69.9 Å². The van der Waals surface area contributed by atoms with Crippen LogP contribution in [0.4, 0.5) is 0 Å². The van der Waals surface area contributed by atoms with Gasteiger partial charge in [0.1, 0.15) is 0 Å². The third-order valence-corrected chi connectivity index (χ3v) is 3.10. The highest BCUT2D eigenvalue weighted by Crippen LogP contribution is 2.13. The van der Waals surface area contributed by atoms with Gasteiger partial charge >= 0.3 is 0 Å². The Morgan fingerprint density at radius 1 is 1.25 bits per heavy atom. The van der Waals surface area contributed by atoms with Crippen LogP contribution in [0.25, 0.3) is 0 Å². The van der Waals surface area contributed by atoms with Gasteiger partial charge < -0.3 is 9.84 Å².